The van der Waals surface area contributed by atoms with Gasteiger partial charge in [0, 0.05) is 22.5 Å². The summed E-state index contributed by atoms with van der Waals surface area (Å²) in [7, 11) is 0. The van der Waals surface area contributed by atoms with Crippen LogP contribution in [0.3, 0.4) is 0 Å². The van der Waals surface area contributed by atoms with Gasteiger partial charge in [-0.05, 0) is 49.6 Å². The smallest absolute Gasteiger partial charge is 0.261 e. The van der Waals surface area contributed by atoms with Crippen molar-refractivity contribution in [2.75, 3.05) is 6.61 Å². The number of nitrogens with zero attached hydrogens (tertiary/aromatic N) is 1. The average Bonchev–Trinajstić information content (AvgIpc) is 2.86. The Bertz CT molecular complexity index is 723. The maximum absolute atomic E-state index is 12.9. The second kappa shape index (κ2) is 5.72. The van der Waals surface area contributed by atoms with Gasteiger partial charge in [0.05, 0.1) is 6.61 Å². The van der Waals surface area contributed by atoms with E-state index in [1.807, 2.05) is 23.6 Å². The predicted molar refractivity (Wildman–Crippen MR) is 86.4 cm³/mol. The van der Waals surface area contributed by atoms with Crippen LogP contribution in [0.15, 0.2) is 29.1 Å². The fraction of sp³-hybridized carbons (Fsp3) is 0.471. The average molecular weight is 306 g/mol. The van der Waals surface area contributed by atoms with E-state index in [-0.39, 0.29) is 11.6 Å². The van der Waals surface area contributed by atoms with E-state index < -0.39 is 0 Å². The summed E-state index contributed by atoms with van der Waals surface area (Å²) in [5, 5.41) is 2.15. The van der Waals surface area contributed by atoms with Crippen LogP contribution in [0, 0.1) is 5.92 Å². The van der Waals surface area contributed by atoms with Crippen molar-refractivity contribution in [1.29, 1.82) is 0 Å². The number of hydrogen-bond donors (Lipinski definition) is 0. The molecular formula is C17H20ClNO2. The number of pyridine rings is 1. The van der Waals surface area contributed by atoms with E-state index in [1.165, 1.54) is 0 Å². The number of ether oxygens (including phenoxy) is 1. The minimum Gasteiger partial charge on any atom is -0.479 e. The first-order valence-corrected chi connectivity index (χ1v) is 7.95. The SMILES string of the molecule is CCOc1cc2ccc(Cl)cc2c(=O)n1[C@H]1CC[C@H](C)C1. The molecule has 112 valence electrons. The summed E-state index contributed by atoms with van der Waals surface area (Å²) in [6.07, 6.45) is 3.23. The molecule has 1 saturated carbocycles. The van der Waals surface area contributed by atoms with Crippen LogP contribution in [0.2, 0.25) is 5.02 Å². The minimum atomic E-state index is 0.0116. The lowest BCUT2D eigenvalue weighted by atomic mass is 10.1. The van der Waals surface area contributed by atoms with Crippen LogP contribution < -0.4 is 10.3 Å². The first kappa shape index (κ1) is 14.5. The highest BCUT2D eigenvalue weighted by Crippen LogP contribution is 2.36. The van der Waals surface area contributed by atoms with Gasteiger partial charge in [0.1, 0.15) is 0 Å². The van der Waals surface area contributed by atoms with Crippen molar-refractivity contribution in [1.82, 2.24) is 4.57 Å². The molecule has 2 aromatic rings. The zero-order valence-corrected chi connectivity index (χ0v) is 13.2. The van der Waals surface area contributed by atoms with E-state index in [4.69, 9.17) is 16.3 Å². The van der Waals surface area contributed by atoms with Gasteiger partial charge in [0.25, 0.3) is 5.56 Å². The molecule has 0 spiro atoms. The first-order chi connectivity index (χ1) is 10.1. The molecule has 0 aliphatic heterocycles. The summed E-state index contributed by atoms with van der Waals surface area (Å²) >= 11 is 6.05. The Morgan fingerprint density at radius 2 is 2.14 bits per heavy atom. The van der Waals surface area contributed by atoms with Gasteiger partial charge in [-0.3, -0.25) is 9.36 Å². The van der Waals surface area contributed by atoms with Crippen molar-refractivity contribution >= 4 is 22.4 Å². The molecule has 2 atom stereocenters. The molecule has 1 aliphatic rings. The summed E-state index contributed by atoms with van der Waals surface area (Å²) < 4.78 is 7.57. The number of aromatic nitrogens is 1. The van der Waals surface area contributed by atoms with Gasteiger partial charge >= 0.3 is 0 Å². The van der Waals surface area contributed by atoms with Crippen LogP contribution in [0.25, 0.3) is 10.8 Å². The van der Waals surface area contributed by atoms with Crippen LogP contribution in [-0.4, -0.2) is 11.2 Å². The molecule has 0 saturated heterocycles. The largest absolute Gasteiger partial charge is 0.479 e. The summed E-state index contributed by atoms with van der Waals surface area (Å²) in [5.74, 6) is 1.34. The van der Waals surface area contributed by atoms with E-state index in [0.717, 1.165) is 24.6 Å². The Morgan fingerprint density at radius 1 is 1.33 bits per heavy atom. The van der Waals surface area contributed by atoms with Gasteiger partial charge in [-0.2, -0.15) is 0 Å². The lowest BCUT2D eigenvalue weighted by Crippen LogP contribution is -2.25. The number of halogens is 1. The van der Waals surface area contributed by atoms with Crippen LogP contribution >= 0.6 is 11.6 Å². The van der Waals surface area contributed by atoms with E-state index in [9.17, 15) is 4.79 Å². The molecule has 1 fully saturated rings. The molecule has 1 aliphatic carbocycles. The summed E-state index contributed by atoms with van der Waals surface area (Å²) in [6, 6.07) is 7.63. The summed E-state index contributed by atoms with van der Waals surface area (Å²) in [6.45, 7) is 4.74. The van der Waals surface area contributed by atoms with Crippen molar-refractivity contribution < 1.29 is 4.74 Å². The topological polar surface area (TPSA) is 31.2 Å². The van der Waals surface area contributed by atoms with Gasteiger partial charge in [0.2, 0.25) is 0 Å². The second-order valence-electron chi connectivity index (χ2n) is 5.89. The van der Waals surface area contributed by atoms with E-state index in [1.54, 1.807) is 12.1 Å². The molecule has 0 amide bonds. The van der Waals surface area contributed by atoms with Crippen molar-refractivity contribution in [3.05, 3.63) is 39.6 Å². The fourth-order valence-electron chi connectivity index (χ4n) is 3.29. The van der Waals surface area contributed by atoms with Gasteiger partial charge in [-0.15, -0.1) is 0 Å². The summed E-state index contributed by atoms with van der Waals surface area (Å²) in [5.41, 5.74) is 0.0116. The number of benzene rings is 1. The van der Waals surface area contributed by atoms with Crippen molar-refractivity contribution in [3.8, 4) is 5.88 Å². The number of rotatable bonds is 3. The Kier molecular flexibility index (Phi) is 3.94. The predicted octanol–water partition coefficient (Wildman–Crippen LogP) is 4.41. The molecule has 1 heterocycles. The lowest BCUT2D eigenvalue weighted by molar-refractivity contribution is 0.289. The van der Waals surface area contributed by atoms with Gasteiger partial charge < -0.3 is 4.74 Å². The molecule has 3 rings (SSSR count). The first-order valence-electron chi connectivity index (χ1n) is 7.57. The van der Waals surface area contributed by atoms with Crippen LogP contribution in [0.1, 0.15) is 39.2 Å². The van der Waals surface area contributed by atoms with Gasteiger partial charge in [-0.1, -0.05) is 24.6 Å². The normalized spacial score (nSPS) is 21.9. The lowest BCUT2D eigenvalue weighted by Gasteiger charge is -2.20. The van der Waals surface area contributed by atoms with Gasteiger partial charge in [-0.25, -0.2) is 0 Å². The van der Waals surface area contributed by atoms with Crippen molar-refractivity contribution in [3.63, 3.8) is 0 Å². The van der Waals surface area contributed by atoms with Crippen molar-refractivity contribution in [2.24, 2.45) is 5.92 Å². The quantitative estimate of drug-likeness (QED) is 0.841. The Balaban J connectivity index is 2.21. The highest BCUT2D eigenvalue weighted by molar-refractivity contribution is 6.31. The fourth-order valence-corrected chi connectivity index (χ4v) is 3.46. The molecular weight excluding hydrogens is 286 g/mol. The maximum Gasteiger partial charge on any atom is 0.261 e. The highest BCUT2D eigenvalue weighted by Gasteiger charge is 2.26. The number of fused-ring (bicyclic) bond motifs is 1. The second-order valence-corrected chi connectivity index (χ2v) is 6.33. The molecule has 0 radical (unpaired) electrons. The Labute approximate surface area is 129 Å². The maximum atomic E-state index is 12.9. The Hall–Kier alpha value is -1.48. The van der Waals surface area contributed by atoms with Crippen LogP contribution in [-0.2, 0) is 0 Å². The zero-order chi connectivity index (χ0) is 15.0. The molecule has 21 heavy (non-hydrogen) atoms. The third-order valence-electron chi connectivity index (χ3n) is 4.31. The standard InChI is InChI=1S/C17H20ClNO2/c1-3-21-16-9-12-5-6-13(18)10-15(12)17(20)19(16)14-7-4-11(2)8-14/h5-6,9-11,14H,3-4,7-8H2,1-2H3/t11-,14-/m0/s1. The van der Waals surface area contributed by atoms with E-state index in [0.29, 0.717) is 28.8 Å². The number of hydrogen-bond acceptors (Lipinski definition) is 2. The summed E-state index contributed by atoms with van der Waals surface area (Å²) in [4.78, 5) is 12.9. The molecule has 1 aromatic carbocycles. The molecule has 4 heteroatoms. The highest BCUT2D eigenvalue weighted by atomic mass is 35.5. The van der Waals surface area contributed by atoms with E-state index in [2.05, 4.69) is 6.92 Å². The zero-order valence-electron chi connectivity index (χ0n) is 12.4. The Morgan fingerprint density at radius 3 is 2.81 bits per heavy atom. The molecule has 0 unspecified atom stereocenters. The molecule has 1 aromatic heterocycles. The van der Waals surface area contributed by atoms with Crippen LogP contribution in [0.4, 0.5) is 0 Å². The van der Waals surface area contributed by atoms with Crippen LogP contribution in [0.5, 0.6) is 5.88 Å². The monoisotopic (exact) mass is 305 g/mol. The van der Waals surface area contributed by atoms with Crippen molar-refractivity contribution in [2.45, 2.75) is 39.2 Å². The third-order valence-corrected chi connectivity index (χ3v) is 4.54. The molecule has 0 bridgehead atoms. The van der Waals surface area contributed by atoms with E-state index >= 15 is 0 Å². The van der Waals surface area contributed by atoms with Gasteiger partial charge in [0.15, 0.2) is 5.88 Å². The third kappa shape index (κ3) is 2.67. The minimum absolute atomic E-state index is 0.0116. The molecule has 0 N–H and O–H groups in total. The molecule has 3 nitrogen and oxygen atoms in total.